The third-order valence-electron chi connectivity index (χ3n) is 5.20. The number of ether oxygens (including phenoxy) is 2. The van der Waals surface area contributed by atoms with Gasteiger partial charge in [0.25, 0.3) is 0 Å². The average Bonchev–Trinajstić information content (AvgIpc) is 3.34. The summed E-state index contributed by atoms with van der Waals surface area (Å²) in [5.41, 5.74) is 5.57. The molecule has 0 radical (unpaired) electrons. The predicted octanol–water partition coefficient (Wildman–Crippen LogP) is 2.75. The lowest BCUT2D eigenvalue weighted by molar-refractivity contribution is 0.174. The molecular formula is C23H20N6O2. The number of nitrogens with zero attached hydrogens (tertiary/aromatic N) is 6. The lowest BCUT2D eigenvalue weighted by atomic mass is 10.1. The molecule has 0 spiro atoms. The van der Waals surface area contributed by atoms with Gasteiger partial charge in [0.1, 0.15) is 24.4 Å². The van der Waals surface area contributed by atoms with Crippen LogP contribution in [0.15, 0.2) is 43.0 Å². The van der Waals surface area contributed by atoms with Crippen molar-refractivity contribution < 1.29 is 9.47 Å². The van der Waals surface area contributed by atoms with E-state index in [1.165, 1.54) is 0 Å². The van der Waals surface area contributed by atoms with Gasteiger partial charge in [-0.1, -0.05) is 17.6 Å². The molecule has 4 heterocycles. The Morgan fingerprint density at radius 3 is 2.84 bits per heavy atom. The largest absolute Gasteiger partial charge is 0.495 e. The number of imidazole rings is 1. The summed E-state index contributed by atoms with van der Waals surface area (Å²) in [7, 11) is 3.26. The van der Waals surface area contributed by atoms with Crippen molar-refractivity contribution in [1.29, 1.82) is 0 Å². The van der Waals surface area contributed by atoms with E-state index in [9.17, 15) is 0 Å². The molecule has 0 unspecified atom stereocenters. The van der Waals surface area contributed by atoms with E-state index >= 15 is 0 Å². The first-order valence-electron chi connectivity index (χ1n) is 9.77. The van der Waals surface area contributed by atoms with Gasteiger partial charge in [-0.15, -0.1) is 10.2 Å². The van der Waals surface area contributed by atoms with E-state index in [4.69, 9.17) is 9.47 Å². The molecule has 0 saturated heterocycles. The zero-order chi connectivity index (χ0) is 21.4. The van der Waals surface area contributed by atoms with Gasteiger partial charge in [-0.05, 0) is 31.0 Å². The molecule has 0 fully saturated rings. The molecule has 0 N–H and O–H groups in total. The normalized spacial score (nSPS) is 11.6. The quantitative estimate of drug-likeness (QED) is 0.424. The van der Waals surface area contributed by atoms with Gasteiger partial charge in [0.2, 0.25) is 0 Å². The Morgan fingerprint density at radius 2 is 2.00 bits per heavy atom. The monoisotopic (exact) mass is 412 g/mol. The van der Waals surface area contributed by atoms with E-state index in [0.717, 1.165) is 39.7 Å². The van der Waals surface area contributed by atoms with Crippen molar-refractivity contribution in [2.45, 2.75) is 20.1 Å². The van der Waals surface area contributed by atoms with Crippen molar-refractivity contribution in [3.63, 3.8) is 0 Å². The minimum absolute atomic E-state index is 0.374. The molecule has 3 aromatic heterocycles. The molecule has 8 heteroatoms. The van der Waals surface area contributed by atoms with Crippen LogP contribution in [0.1, 0.15) is 28.3 Å². The second-order valence-corrected chi connectivity index (χ2v) is 7.25. The van der Waals surface area contributed by atoms with Crippen molar-refractivity contribution in [2.24, 2.45) is 0 Å². The summed E-state index contributed by atoms with van der Waals surface area (Å²) in [6.45, 7) is 2.98. The molecule has 31 heavy (non-hydrogen) atoms. The number of aromatic nitrogens is 6. The van der Waals surface area contributed by atoms with Gasteiger partial charge in [0.05, 0.1) is 31.2 Å². The topological polar surface area (TPSA) is 79.9 Å². The van der Waals surface area contributed by atoms with Crippen molar-refractivity contribution >= 4 is 0 Å². The third-order valence-corrected chi connectivity index (χ3v) is 5.20. The van der Waals surface area contributed by atoms with Crippen molar-refractivity contribution in [3.8, 4) is 34.7 Å². The molecule has 5 rings (SSSR count). The number of fused-ring (bicyclic) bond motifs is 5. The van der Waals surface area contributed by atoms with Crippen LogP contribution < -0.4 is 4.74 Å². The fourth-order valence-electron chi connectivity index (χ4n) is 3.69. The summed E-state index contributed by atoms with van der Waals surface area (Å²) >= 11 is 0. The molecule has 0 saturated carbocycles. The number of rotatable bonds is 3. The van der Waals surface area contributed by atoms with Gasteiger partial charge in [0.15, 0.2) is 11.6 Å². The maximum atomic E-state index is 5.34. The van der Waals surface area contributed by atoms with E-state index in [-0.39, 0.29) is 0 Å². The first-order valence-corrected chi connectivity index (χ1v) is 9.77. The van der Waals surface area contributed by atoms with E-state index in [0.29, 0.717) is 24.6 Å². The zero-order valence-electron chi connectivity index (χ0n) is 17.5. The van der Waals surface area contributed by atoms with E-state index in [1.807, 2.05) is 12.4 Å². The molecule has 1 aliphatic heterocycles. The molecule has 0 bridgehead atoms. The predicted molar refractivity (Wildman–Crippen MR) is 114 cm³/mol. The maximum absolute atomic E-state index is 5.34. The summed E-state index contributed by atoms with van der Waals surface area (Å²) in [6.07, 6.45) is 5.17. The average molecular weight is 412 g/mol. The van der Waals surface area contributed by atoms with E-state index in [1.54, 1.807) is 26.6 Å². The Hall–Kier alpha value is -3.96. The van der Waals surface area contributed by atoms with Crippen LogP contribution in [0.3, 0.4) is 0 Å². The minimum atomic E-state index is 0.374. The zero-order valence-corrected chi connectivity index (χ0v) is 17.5. The Bertz CT molecular complexity index is 1340. The highest BCUT2D eigenvalue weighted by atomic mass is 16.5. The van der Waals surface area contributed by atoms with Crippen molar-refractivity contribution in [2.75, 3.05) is 14.2 Å². The van der Waals surface area contributed by atoms with Crippen LogP contribution in [-0.2, 0) is 17.9 Å². The van der Waals surface area contributed by atoms with Crippen LogP contribution in [0.25, 0.3) is 17.1 Å². The van der Waals surface area contributed by atoms with E-state index < -0.39 is 0 Å². The van der Waals surface area contributed by atoms with Gasteiger partial charge < -0.3 is 14.0 Å². The van der Waals surface area contributed by atoms with Crippen molar-refractivity contribution in [1.82, 2.24) is 29.3 Å². The standard InChI is InChI=1S/C23H20N6O2/c1-15-4-7-20-18(8-15)23-27-26-22(13-30-2)28(23)12-21-19(25-14-29(20)21)6-5-16-9-17(31-3)11-24-10-16/h4,7-11,14H,12-13H2,1-3H3. The number of methoxy groups -OCH3 is 2. The SMILES string of the molecule is COCc1nnc2n1Cc1c(C#Cc3cncc(OC)c3)ncn1-c1ccc(C)cc1-2. The Morgan fingerprint density at radius 1 is 1.10 bits per heavy atom. The first-order chi connectivity index (χ1) is 15.2. The summed E-state index contributed by atoms with van der Waals surface area (Å²) in [5, 5.41) is 8.82. The highest BCUT2D eigenvalue weighted by molar-refractivity contribution is 5.70. The fourth-order valence-corrected chi connectivity index (χ4v) is 3.69. The molecule has 4 aromatic rings. The Kier molecular flexibility index (Phi) is 4.73. The van der Waals surface area contributed by atoms with Crippen molar-refractivity contribution in [3.05, 3.63) is 71.3 Å². The molecule has 0 amide bonds. The van der Waals surface area contributed by atoms with Crippen LogP contribution in [0.5, 0.6) is 5.75 Å². The van der Waals surface area contributed by atoms with Crippen LogP contribution in [-0.4, -0.2) is 43.5 Å². The summed E-state index contributed by atoms with van der Waals surface area (Å²) in [4.78, 5) is 8.77. The first kappa shape index (κ1) is 19.0. The second kappa shape index (κ2) is 7.70. The lowest BCUT2D eigenvalue weighted by Crippen LogP contribution is -2.09. The van der Waals surface area contributed by atoms with Crippen LogP contribution in [0.4, 0.5) is 0 Å². The molecular weight excluding hydrogens is 392 g/mol. The number of hydrogen-bond acceptors (Lipinski definition) is 6. The molecule has 8 nitrogen and oxygen atoms in total. The summed E-state index contributed by atoms with van der Waals surface area (Å²) in [5.74, 6) is 8.59. The number of aryl methyl sites for hydroxylation is 1. The Balaban J connectivity index is 1.66. The molecule has 1 aromatic carbocycles. The molecule has 154 valence electrons. The maximum Gasteiger partial charge on any atom is 0.166 e. The summed E-state index contributed by atoms with van der Waals surface area (Å²) < 4.78 is 14.7. The van der Waals surface area contributed by atoms with Crippen LogP contribution in [0.2, 0.25) is 0 Å². The summed E-state index contributed by atoms with van der Waals surface area (Å²) in [6, 6.07) is 8.13. The van der Waals surface area contributed by atoms with Gasteiger partial charge in [0, 0.05) is 24.4 Å². The molecule has 0 atom stereocenters. The second-order valence-electron chi connectivity index (χ2n) is 7.25. The molecule has 0 aliphatic carbocycles. The van der Waals surface area contributed by atoms with Gasteiger partial charge in [-0.2, -0.15) is 0 Å². The smallest absolute Gasteiger partial charge is 0.166 e. The van der Waals surface area contributed by atoms with Crippen LogP contribution >= 0.6 is 0 Å². The number of hydrogen-bond donors (Lipinski definition) is 0. The number of pyridine rings is 1. The minimum Gasteiger partial charge on any atom is -0.495 e. The fraction of sp³-hybridized carbons (Fsp3) is 0.217. The highest BCUT2D eigenvalue weighted by Gasteiger charge is 2.25. The lowest BCUT2D eigenvalue weighted by Gasteiger charge is -2.08. The number of benzene rings is 1. The van der Waals surface area contributed by atoms with Gasteiger partial charge in [-0.25, -0.2) is 4.98 Å². The van der Waals surface area contributed by atoms with Crippen LogP contribution in [0, 0.1) is 18.8 Å². The molecule has 1 aliphatic rings. The highest BCUT2D eigenvalue weighted by Crippen LogP contribution is 2.33. The third kappa shape index (κ3) is 3.35. The Labute approximate surface area is 179 Å². The van der Waals surface area contributed by atoms with E-state index in [2.05, 4.69) is 66.3 Å². The van der Waals surface area contributed by atoms with Gasteiger partial charge >= 0.3 is 0 Å². The van der Waals surface area contributed by atoms with Gasteiger partial charge in [-0.3, -0.25) is 9.55 Å².